The molecule has 0 spiro atoms. The first-order chi connectivity index (χ1) is 13.2. The van der Waals surface area contributed by atoms with E-state index in [2.05, 4.69) is 14.5 Å². The Morgan fingerprint density at radius 3 is 2.61 bits per heavy atom. The molecule has 0 aliphatic heterocycles. The molecule has 1 aromatic carbocycles. The maximum Gasteiger partial charge on any atom is 0.179 e. The van der Waals surface area contributed by atoms with Gasteiger partial charge in [0.05, 0.1) is 27.5 Å². The first kappa shape index (κ1) is 20.9. The average Bonchev–Trinajstić information content (AvgIpc) is 3.03. The molecule has 2 aromatic heterocycles. The number of hydrogen-bond donors (Lipinski definition) is 1. The van der Waals surface area contributed by atoms with Crippen molar-refractivity contribution in [2.45, 2.75) is 44.6 Å². The van der Waals surface area contributed by atoms with Gasteiger partial charge in [0, 0.05) is 17.3 Å². The molecule has 2 N–H and O–H groups in total. The maximum absolute atomic E-state index is 12.5. The van der Waals surface area contributed by atoms with Crippen molar-refractivity contribution in [2.75, 3.05) is 11.5 Å². The monoisotopic (exact) mass is 440 g/mol. The molecule has 0 bridgehead atoms. The number of aryl methyl sites for hydroxylation is 3. The minimum Gasteiger partial charge on any atom is -0.382 e. The molecule has 6 nitrogen and oxygen atoms in total. The predicted octanol–water partition coefficient (Wildman–Crippen LogP) is 4.58. The highest BCUT2D eigenvalue weighted by Gasteiger charge is 2.18. The third-order valence-corrected chi connectivity index (χ3v) is 7.32. The molecule has 150 valence electrons. The molecule has 0 atom stereocenters. The zero-order valence-electron chi connectivity index (χ0n) is 15.7. The number of nitrogen functional groups attached to an aromatic ring is 1. The van der Waals surface area contributed by atoms with Crippen LogP contribution in [0.15, 0.2) is 29.4 Å². The zero-order valence-corrected chi connectivity index (χ0v) is 18.1. The van der Waals surface area contributed by atoms with Crippen LogP contribution in [0, 0.1) is 13.8 Å². The predicted molar refractivity (Wildman–Crippen MR) is 114 cm³/mol. The van der Waals surface area contributed by atoms with E-state index >= 15 is 0 Å². The van der Waals surface area contributed by atoms with E-state index in [1.165, 1.54) is 18.2 Å². The molecule has 0 unspecified atom stereocenters. The number of benzene rings is 1. The van der Waals surface area contributed by atoms with Crippen LogP contribution in [0.4, 0.5) is 5.82 Å². The Balaban J connectivity index is 1.60. The number of sulfone groups is 1. The normalized spacial score (nSPS) is 12.0. The van der Waals surface area contributed by atoms with Gasteiger partial charge >= 0.3 is 0 Å². The largest absolute Gasteiger partial charge is 0.382 e. The summed E-state index contributed by atoms with van der Waals surface area (Å²) in [4.78, 5) is 8.81. The fourth-order valence-electron chi connectivity index (χ4n) is 3.21. The summed E-state index contributed by atoms with van der Waals surface area (Å²) in [6, 6.07) is 4.45. The second kappa shape index (κ2) is 8.27. The standard InChI is InChI=1S/C19H22Cl2N4O2S/c1-12-13(2)24-19(22)17-18(12)25(11-23-17)8-4-3-5-9-28(26,27)16-7-6-14(20)10-15(16)21/h6-7,10-11H,3-5,8-9H2,1-2H3,(H2,22,24). The molecular weight excluding hydrogens is 419 g/mol. The van der Waals surface area contributed by atoms with Gasteiger partial charge < -0.3 is 10.3 Å². The minimum absolute atomic E-state index is 0.0496. The molecule has 2 heterocycles. The Kier molecular flexibility index (Phi) is 6.17. The first-order valence-electron chi connectivity index (χ1n) is 8.96. The van der Waals surface area contributed by atoms with Gasteiger partial charge in [-0.2, -0.15) is 0 Å². The van der Waals surface area contributed by atoms with Crippen molar-refractivity contribution >= 4 is 49.9 Å². The molecule has 0 saturated heterocycles. The first-order valence-corrected chi connectivity index (χ1v) is 11.4. The third-order valence-electron chi connectivity index (χ3n) is 4.81. The van der Waals surface area contributed by atoms with E-state index in [0.717, 1.165) is 36.2 Å². The van der Waals surface area contributed by atoms with Gasteiger partial charge in [0.2, 0.25) is 0 Å². The average molecular weight is 441 g/mol. The van der Waals surface area contributed by atoms with E-state index in [9.17, 15) is 8.42 Å². The van der Waals surface area contributed by atoms with Crippen molar-refractivity contribution in [2.24, 2.45) is 0 Å². The number of pyridine rings is 1. The van der Waals surface area contributed by atoms with E-state index < -0.39 is 9.84 Å². The zero-order chi connectivity index (χ0) is 20.5. The lowest BCUT2D eigenvalue weighted by Crippen LogP contribution is -2.08. The van der Waals surface area contributed by atoms with E-state index in [0.29, 0.717) is 22.8 Å². The van der Waals surface area contributed by atoms with Gasteiger partial charge in [-0.3, -0.25) is 0 Å². The summed E-state index contributed by atoms with van der Waals surface area (Å²) in [6.07, 6.45) is 3.91. The highest BCUT2D eigenvalue weighted by Crippen LogP contribution is 2.27. The summed E-state index contributed by atoms with van der Waals surface area (Å²) in [5.41, 5.74) is 9.61. The van der Waals surface area contributed by atoms with Gasteiger partial charge in [-0.25, -0.2) is 18.4 Å². The third kappa shape index (κ3) is 4.26. The second-order valence-electron chi connectivity index (χ2n) is 6.80. The molecule has 0 fully saturated rings. The fourth-order valence-corrected chi connectivity index (χ4v) is 5.41. The number of rotatable bonds is 7. The summed E-state index contributed by atoms with van der Waals surface area (Å²) in [5.74, 6) is 0.483. The second-order valence-corrected chi connectivity index (χ2v) is 9.72. The van der Waals surface area contributed by atoms with Crippen LogP contribution in [0.5, 0.6) is 0 Å². The van der Waals surface area contributed by atoms with Gasteiger partial charge in [0.15, 0.2) is 15.7 Å². The fraction of sp³-hybridized carbons (Fsp3) is 0.368. The van der Waals surface area contributed by atoms with E-state index in [4.69, 9.17) is 28.9 Å². The number of aromatic nitrogens is 3. The van der Waals surface area contributed by atoms with Gasteiger partial charge in [-0.15, -0.1) is 0 Å². The summed E-state index contributed by atoms with van der Waals surface area (Å²) in [7, 11) is -3.43. The Hall–Kier alpha value is -1.83. The van der Waals surface area contributed by atoms with Crippen LogP contribution >= 0.6 is 23.2 Å². The number of anilines is 1. The van der Waals surface area contributed by atoms with Gasteiger partial charge in [0.25, 0.3) is 0 Å². The van der Waals surface area contributed by atoms with Crippen LogP contribution in [0.1, 0.15) is 30.5 Å². The number of fused-ring (bicyclic) bond motifs is 1. The minimum atomic E-state index is -3.43. The number of unbranched alkanes of at least 4 members (excludes halogenated alkanes) is 2. The molecule has 0 aliphatic rings. The Morgan fingerprint density at radius 2 is 1.89 bits per heavy atom. The van der Waals surface area contributed by atoms with Gasteiger partial charge in [-0.1, -0.05) is 29.6 Å². The quantitative estimate of drug-likeness (QED) is 0.542. The van der Waals surface area contributed by atoms with Gasteiger partial charge in [0.1, 0.15) is 5.52 Å². The summed E-state index contributed by atoms with van der Waals surface area (Å²) in [6.45, 7) is 4.67. The topological polar surface area (TPSA) is 90.9 Å². The van der Waals surface area contributed by atoms with Crippen LogP contribution in [-0.4, -0.2) is 28.7 Å². The van der Waals surface area contributed by atoms with Crippen molar-refractivity contribution < 1.29 is 8.42 Å². The Morgan fingerprint density at radius 1 is 1.14 bits per heavy atom. The van der Waals surface area contributed by atoms with Gasteiger partial charge in [-0.05, 0) is 50.5 Å². The van der Waals surface area contributed by atoms with Crippen LogP contribution in [0.2, 0.25) is 10.0 Å². The maximum atomic E-state index is 12.5. The number of nitrogens with zero attached hydrogens (tertiary/aromatic N) is 3. The summed E-state index contributed by atoms with van der Waals surface area (Å²) >= 11 is 11.9. The van der Waals surface area contributed by atoms with Crippen LogP contribution < -0.4 is 5.73 Å². The van der Waals surface area contributed by atoms with Crippen LogP contribution in [0.3, 0.4) is 0 Å². The lowest BCUT2D eigenvalue weighted by molar-refractivity contribution is 0.580. The summed E-state index contributed by atoms with van der Waals surface area (Å²) in [5, 5.41) is 0.576. The molecule has 28 heavy (non-hydrogen) atoms. The summed E-state index contributed by atoms with van der Waals surface area (Å²) < 4.78 is 27.0. The molecule has 0 radical (unpaired) electrons. The Labute approximate surface area is 174 Å². The molecule has 3 aromatic rings. The number of halogens is 2. The van der Waals surface area contributed by atoms with Crippen molar-refractivity contribution in [1.82, 2.24) is 14.5 Å². The number of imidazole rings is 1. The van der Waals surface area contributed by atoms with Crippen molar-refractivity contribution in [3.05, 3.63) is 45.8 Å². The van der Waals surface area contributed by atoms with E-state index in [-0.39, 0.29) is 15.7 Å². The Bertz CT molecular complexity index is 1130. The lowest BCUT2D eigenvalue weighted by atomic mass is 10.2. The number of hydrogen-bond acceptors (Lipinski definition) is 5. The molecule has 9 heteroatoms. The smallest absolute Gasteiger partial charge is 0.179 e. The van der Waals surface area contributed by atoms with Crippen molar-refractivity contribution in [3.8, 4) is 0 Å². The van der Waals surface area contributed by atoms with Crippen LogP contribution in [0.25, 0.3) is 11.0 Å². The molecule has 0 saturated carbocycles. The van der Waals surface area contributed by atoms with Crippen LogP contribution in [-0.2, 0) is 16.4 Å². The van der Waals surface area contributed by atoms with E-state index in [1.54, 1.807) is 6.33 Å². The molecule has 0 aliphatic carbocycles. The lowest BCUT2D eigenvalue weighted by Gasteiger charge is -2.09. The molecule has 0 amide bonds. The van der Waals surface area contributed by atoms with E-state index in [1.807, 2.05) is 13.8 Å². The highest BCUT2D eigenvalue weighted by atomic mass is 35.5. The number of nitrogens with two attached hydrogens (primary N) is 1. The highest BCUT2D eigenvalue weighted by molar-refractivity contribution is 7.91. The molecular formula is C19H22Cl2N4O2S. The van der Waals surface area contributed by atoms with Crippen molar-refractivity contribution in [1.29, 1.82) is 0 Å². The van der Waals surface area contributed by atoms with Crippen molar-refractivity contribution in [3.63, 3.8) is 0 Å². The molecule has 3 rings (SSSR count). The SMILES string of the molecule is Cc1nc(N)c2ncn(CCCCCS(=O)(=O)c3ccc(Cl)cc3Cl)c2c1C.